The molecule has 27 heavy (non-hydrogen) atoms. The van der Waals surface area contributed by atoms with Crippen LogP contribution in [0.15, 0.2) is 30.6 Å². The van der Waals surface area contributed by atoms with E-state index in [4.69, 9.17) is 15.6 Å². The Balaban J connectivity index is 1.44. The number of aliphatic hydroxyl groups is 1. The molecule has 0 spiro atoms. The fourth-order valence-electron chi connectivity index (χ4n) is 4.35. The Bertz CT molecular complexity index is 757. The summed E-state index contributed by atoms with van der Waals surface area (Å²) < 4.78 is 5.74. The van der Waals surface area contributed by atoms with E-state index in [1.165, 1.54) is 43.3 Å². The van der Waals surface area contributed by atoms with Crippen LogP contribution < -0.4 is 15.4 Å². The lowest BCUT2D eigenvalue weighted by atomic mass is 9.77. The van der Waals surface area contributed by atoms with Crippen molar-refractivity contribution in [1.29, 1.82) is 0 Å². The Morgan fingerprint density at radius 1 is 1.11 bits per heavy atom. The van der Waals surface area contributed by atoms with Gasteiger partial charge in [0.25, 0.3) is 0 Å². The van der Waals surface area contributed by atoms with E-state index in [0.717, 1.165) is 18.5 Å². The molecule has 0 unspecified atom stereocenters. The van der Waals surface area contributed by atoms with Crippen molar-refractivity contribution < 1.29 is 9.84 Å². The fourth-order valence-corrected chi connectivity index (χ4v) is 4.35. The third-order valence-electron chi connectivity index (χ3n) is 6.00. The molecule has 1 saturated carbocycles. The molecule has 6 heteroatoms. The maximum absolute atomic E-state index is 9.13. The number of benzene rings is 1. The highest BCUT2D eigenvalue weighted by Crippen LogP contribution is 2.37. The van der Waals surface area contributed by atoms with Gasteiger partial charge in [-0.25, -0.2) is 9.97 Å². The Hall–Kier alpha value is -2.34. The molecule has 0 atom stereocenters. The number of fused-ring (bicyclic) bond motifs is 1. The minimum absolute atomic E-state index is 0.322. The smallest absolute Gasteiger partial charge is 0.223 e. The number of nitrogens with zero attached hydrogens (tertiary/aromatic N) is 3. The van der Waals surface area contributed by atoms with Gasteiger partial charge < -0.3 is 20.5 Å². The second-order valence-corrected chi connectivity index (χ2v) is 7.63. The summed E-state index contributed by atoms with van der Waals surface area (Å²) in [6.45, 7) is 2.36. The van der Waals surface area contributed by atoms with E-state index in [0.29, 0.717) is 43.3 Å². The molecule has 3 N–H and O–H groups in total. The number of rotatable bonds is 4. The zero-order valence-electron chi connectivity index (χ0n) is 15.7. The topological polar surface area (TPSA) is 84.5 Å². The van der Waals surface area contributed by atoms with E-state index in [9.17, 15) is 0 Å². The van der Waals surface area contributed by atoms with Gasteiger partial charge in [0.2, 0.25) is 5.88 Å². The molecule has 2 aliphatic rings. The quantitative estimate of drug-likeness (QED) is 0.863. The first-order chi connectivity index (χ1) is 13.2. The molecule has 0 bridgehead atoms. The second-order valence-electron chi connectivity index (χ2n) is 7.63. The lowest BCUT2D eigenvalue weighted by Crippen LogP contribution is -2.25. The summed E-state index contributed by atoms with van der Waals surface area (Å²) in [5.74, 6) is 2.44. The summed E-state index contributed by atoms with van der Waals surface area (Å²) in [4.78, 5) is 10.6. The average molecular weight is 368 g/mol. The Morgan fingerprint density at radius 2 is 1.89 bits per heavy atom. The monoisotopic (exact) mass is 368 g/mol. The first kappa shape index (κ1) is 18.0. The first-order valence-corrected chi connectivity index (χ1v) is 9.92. The minimum Gasteiger partial charge on any atom is -0.475 e. The lowest BCUT2D eigenvalue weighted by molar-refractivity contribution is 0.222. The number of nitrogens with two attached hydrogens (primary N) is 1. The Kier molecular flexibility index (Phi) is 5.43. The molecule has 0 amide bonds. The van der Waals surface area contributed by atoms with E-state index in [1.807, 2.05) is 0 Å². The van der Waals surface area contributed by atoms with Gasteiger partial charge in [0.1, 0.15) is 18.8 Å². The number of hydrogen-bond donors (Lipinski definition) is 2. The molecule has 1 aromatic heterocycles. The van der Waals surface area contributed by atoms with Crippen LogP contribution in [0.4, 0.5) is 11.5 Å². The SMILES string of the molecule is Nc1ncnc2c1CN(c1ccc(C3CCC(CCO)CC3)cc1)CCO2. The zero-order chi connectivity index (χ0) is 18.6. The highest BCUT2D eigenvalue weighted by atomic mass is 16.5. The van der Waals surface area contributed by atoms with Crippen LogP contribution in [0.25, 0.3) is 0 Å². The molecule has 0 saturated heterocycles. The van der Waals surface area contributed by atoms with Crippen LogP contribution in [0.1, 0.15) is 49.1 Å². The summed E-state index contributed by atoms with van der Waals surface area (Å²) in [5, 5.41) is 9.13. The van der Waals surface area contributed by atoms with Gasteiger partial charge in [0.05, 0.1) is 18.7 Å². The van der Waals surface area contributed by atoms with Crippen molar-refractivity contribution in [2.45, 2.75) is 44.6 Å². The molecule has 1 aromatic carbocycles. The standard InChI is InChI=1S/C21H28N4O2/c22-20-19-13-25(10-12-27-21(19)24-14-23-20)18-7-5-17(6-8-18)16-3-1-15(2-4-16)9-11-26/h5-8,14-16,26H,1-4,9-13H2,(H2,22,23,24). The van der Waals surface area contributed by atoms with Gasteiger partial charge in [0.15, 0.2) is 0 Å². The van der Waals surface area contributed by atoms with E-state index < -0.39 is 0 Å². The van der Waals surface area contributed by atoms with Gasteiger partial charge in [-0.15, -0.1) is 0 Å². The van der Waals surface area contributed by atoms with Crippen LogP contribution in [0.5, 0.6) is 5.88 Å². The number of ether oxygens (including phenoxy) is 1. The molecule has 2 heterocycles. The molecule has 1 aliphatic carbocycles. The molecule has 144 valence electrons. The molecule has 2 aromatic rings. The third kappa shape index (κ3) is 4.00. The largest absolute Gasteiger partial charge is 0.475 e. The van der Waals surface area contributed by atoms with E-state index in [2.05, 4.69) is 39.1 Å². The van der Waals surface area contributed by atoms with Crippen LogP contribution in [-0.2, 0) is 6.54 Å². The Morgan fingerprint density at radius 3 is 2.63 bits per heavy atom. The predicted octanol–water partition coefficient (Wildman–Crippen LogP) is 3.11. The van der Waals surface area contributed by atoms with Gasteiger partial charge in [0, 0.05) is 12.3 Å². The van der Waals surface area contributed by atoms with Crippen LogP contribution in [0.2, 0.25) is 0 Å². The number of aromatic nitrogens is 2. The van der Waals surface area contributed by atoms with Gasteiger partial charge in [-0.2, -0.15) is 0 Å². The minimum atomic E-state index is 0.322. The van der Waals surface area contributed by atoms with Gasteiger partial charge in [-0.3, -0.25) is 0 Å². The van der Waals surface area contributed by atoms with Crippen molar-refractivity contribution in [1.82, 2.24) is 9.97 Å². The van der Waals surface area contributed by atoms with Crippen LogP contribution in [0, 0.1) is 5.92 Å². The van der Waals surface area contributed by atoms with Gasteiger partial charge in [-0.1, -0.05) is 12.1 Å². The summed E-state index contributed by atoms with van der Waals surface area (Å²) in [7, 11) is 0. The number of anilines is 2. The highest BCUT2D eigenvalue weighted by Gasteiger charge is 2.23. The molecule has 6 nitrogen and oxygen atoms in total. The highest BCUT2D eigenvalue weighted by molar-refractivity contribution is 5.53. The predicted molar refractivity (Wildman–Crippen MR) is 106 cm³/mol. The normalized spacial score (nSPS) is 22.6. The van der Waals surface area contributed by atoms with Crippen LogP contribution >= 0.6 is 0 Å². The Labute approximate surface area is 160 Å². The number of aliphatic hydroxyl groups excluding tert-OH is 1. The maximum Gasteiger partial charge on any atom is 0.223 e. The summed E-state index contributed by atoms with van der Waals surface area (Å²) in [5.41, 5.74) is 9.49. The van der Waals surface area contributed by atoms with E-state index in [1.54, 1.807) is 0 Å². The van der Waals surface area contributed by atoms with Crippen LogP contribution in [-0.4, -0.2) is 34.8 Å². The van der Waals surface area contributed by atoms with Crippen LogP contribution in [0.3, 0.4) is 0 Å². The summed E-state index contributed by atoms with van der Waals surface area (Å²) in [6.07, 6.45) is 7.32. The molecular formula is C21H28N4O2. The third-order valence-corrected chi connectivity index (χ3v) is 6.00. The maximum atomic E-state index is 9.13. The summed E-state index contributed by atoms with van der Waals surface area (Å²) >= 11 is 0. The van der Waals surface area contributed by atoms with E-state index in [-0.39, 0.29) is 0 Å². The van der Waals surface area contributed by atoms with Crippen molar-refractivity contribution in [2.75, 3.05) is 30.4 Å². The number of hydrogen-bond acceptors (Lipinski definition) is 6. The molecule has 0 radical (unpaired) electrons. The molecule has 1 fully saturated rings. The first-order valence-electron chi connectivity index (χ1n) is 9.92. The van der Waals surface area contributed by atoms with Crippen molar-refractivity contribution in [2.24, 2.45) is 5.92 Å². The zero-order valence-corrected chi connectivity index (χ0v) is 15.7. The molecular weight excluding hydrogens is 340 g/mol. The number of nitrogen functional groups attached to an aromatic ring is 1. The van der Waals surface area contributed by atoms with Crippen molar-refractivity contribution >= 4 is 11.5 Å². The average Bonchev–Trinajstić information content (AvgIpc) is 2.93. The van der Waals surface area contributed by atoms with Gasteiger partial charge >= 0.3 is 0 Å². The van der Waals surface area contributed by atoms with Crippen molar-refractivity contribution in [3.63, 3.8) is 0 Å². The summed E-state index contributed by atoms with van der Waals surface area (Å²) in [6, 6.07) is 8.95. The van der Waals surface area contributed by atoms with E-state index >= 15 is 0 Å². The fraction of sp³-hybridized carbons (Fsp3) is 0.524. The van der Waals surface area contributed by atoms with Crippen molar-refractivity contribution in [3.05, 3.63) is 41.7 Å². The van der Waals surface area contributed by atoms with Gasteiger partial charge in [-0.05, 0) is 61.6 Å². The second kappa shape index (κ2) is 8.13. The van der Waals surface area contributed by atoms with Crippen molar-refractivity contribution in [3.8, 4) is 5.88 Å². The lowest BCUT2D eigenvalue weighted by Gasteiger charge is -2.29. The molecule has 1 aliphatic heterocycles. The molecule has 4 rings (SSSR count).